The zero-order valence-electron chi connectivity index (χ0n) is 19.4. The van der Waals surface area contributed by atoms with Crippen molar-refractivity contribution in [3.8, 4) is 11.5 Å². The van der Waals surface area contributed by atoms with Crippen LogP contribution in [0.4, 0.5) is 5.69 Å². The summed E-state index contributed by atoms with van der Waals surface area (Å²) in [6, 6.07) is 11.6. The van der Waals surface area contributed by atoms with Crippen molar-refractivity contribution in [1.82, 2.24) is 4.90 Å². The third-order valence-electron chi connectivity index (χ3n) is 6.22. The number of carbonyl (C=O) groups is 3. The Morgan fingerprint density at radius 1 is 1.15 bits per heavy atom. The van der Waals surface area contributed by atoms with Crippen LogP contribution < -0.4 is 14.8 Å². The molecule has 0 aliphatic carbocycles. The Morgan fingerprint density at radius 2 is 1.97 bits per heavy atom. The van der Waals surface area contributed by atoms with Crippen LogP contribution in [0, 0.1) is 0 Å². The molecule has 180 valence electrons. The fraction of sp³-hybridized carbons (Fsp3) is 0.400. The molecule has 9 heteroatoms. The second-order valence-corrected chi connectivity index (χ2v) is 8.35. The van der Waals surface area contributed by atoms with Crippen LogP contribution in [0.5, 0.6) is 11.5 Å². The SMILES string of the molecule is COC(=O)C[C@H]1CC[C@H]2[C@H](COc3ccc(NC(=O)c4cccc(OC)c4)cc3C(=O)N2C)O1. The normalized spacial score (nSPS) is 21.8. The standard InChI is InChI=1S/C25H28N2O7/c1-27-20-9-8-18(13-23(28)32-3)34-22(20)14-33-21-10-7-16(12-19(21)25(27)30)26-24(29)15-5-4-6-17(11-15)31-2/h4-7,10-12,18,20,22H,8-9,13-14H2,1-3H3,(H,26,29)/t18-,20+,22+/m1/s1. The molecule has 2 aliphatic rings. The van der Waals surface area contributed by atoms with Crippen LogP contribution in [0.25, 0.3) is 0 Å². The van der Waals surface area contributed by atoms with Crippen LogP contribution >= 0.6 is 0 Å². The number of methoxy groups -OCH3 is 2. The number of amides is 2. The minimum atomic E-state index is -0.363. The Bertz CT molecular complexity index is 1090. The molecule has 2 amide bonds. The Balaban J connectivity index is 1.51. The first-order valence-electron chi connectivity index (χ1n) is 11.1. The number of fused-ring (bicyclic) bond motifs is 2. The van der Waals surface area contributed by atoms with Gasteiger partial charge in [-0.3, -0.25) is 14.4 Å². The highest BCUT2D eigenvalue weighted by molar-refractivity contribution is 6.05. The van der Waals surface area contributed by atoms with Gasteiger partial charge in [-0.1, -0.05) is 6.07 Å². The third-order valence-corrected chi connectivity index (χ3v) is 6.22. The van der Waals surface area contributed by atoms with E-state index in [2.05, 4.69) is 5.32 Å². The van der Waals surface area contributed by atoms with Gasteiger partial charge in [-0.05, 0) is 49.2 Å². The molecule has 2 heterocycles. The van der Waals surface area contributed by atoms with Gasteiger partial charge in [0.2, 0.25) is 0 Å². The summed E-state index contributed by atoms with van der Waals surface area (Å²) >= 11 is 0. The Kier molecular flexibility index (Phi) is 7.02. The minimum Gasteiger partial charge on any atom is -0.497 e. The fourth-order valence-corrected chi connectivity index (χ4v) is 4.34. The van der Waals surface area contributed by atoms with Crippen LogP contribution in [0.1, 0.15) is 40.0 Å². The molecule has 1 saturated heterocycles. The van der Waals surface area contributed by atoms with Crippen molar-refractivity contribution < 1.29 is 33.3 Å². The molecule has 1 N–H and O–H groups in total. The number of ether oxygens (including phenoxy) is 4. The lowest BCUT2D eigenvalue weighted by Gasteiger charge is -2.42. The van der Waals surface area contributed by atoms with Crippen molar-refractivity contribution in [1.29, 1.82) is 0 Å². The Morgan fingerprint density at radius 3 is 2.74 bits per heavy atom. The number of anilines is 1. The van der Waals surface area contributed by atoms with Crippen LogP contribution in [-0.2, 0) is 14.3 Å². The second-order valence-electron chi connectivity index (χ2n) is 8.35. The number of hydrogen-bond donors (Lipinski definition) is 1. The van der Waals surface area contributed by atoms with Crippen molar-refractivity contribution in [2.75, 3.05) is 33.2 Å². The fourth-order valence-electron chi connectivity index (χ4n) is 4.34. The zero-order chi connectivity index (χ0) is 24.2. The van der Waals surface area contributed by atoms with Crippen molar-refractivity contribution in [3.05, 3.63) is 53.6 Å². The summed E-state index contributed by atoms with van der Waals surface area (Å²) in [7, 11) is 4.62. The van der Waals surface area contributed by atoms with E-state index < -0.39 is 0 Å². The number of nitrogens with one attached hydrogen (secondary N) is 1. The second kappa shape index (κ2) is 10.1. The third kappa shape index (κ3) is 4.99. The summed E-state index contributed by atoms with van der Waals surface area (Å²) < 4.78 is 22.0. The number of benzene rings is 2. The van der Waals surface area contributed by atoms with E-state index in [9.17, 15) is 14.4 Å². The van der Waals surface area contributed by atoms with Gasteiger partial charge in [-0.2, -0.15) is 0 Å². The number of likely N-dealkylation sites (N-methyl/N-ethyl adjacent to an activating group) is 1. The average Bonchev–Trinajstić information content (AvgIpc) is 2.86. The van der Waals surface area contributed by atoms with E-state index in [4.69, 9.17) is 18.9 Å². The first-order chi connectivity index (χ1) is 16.4. The van der Waals surface area contributed by atoms with E-state index in [-0.39, 0.29) is 49.1 Å². The Hall–Kier alpha value is -3.59. The molecule has 0 radical (unpaired) electrons. The maximum Gasteiger partial charge on any atom is 0.308 e. The molecule has 0 bridgehead atoms. The van der Waals surface area contributed by atoms with Crippen molar-refractivity contribution in [2.24, 2.45) is 0 Å². The average molecular weight is 469 g/mol. The van der Waals surface area contributed by atoms with Gasteiger partial charge in [0, 0.05) is 18.3 Å². The maximum absolute atomic E-state index is 13.3. The maximum atomic E-state index is 13.3. The quantitative estimate of drug-likeness (QED) is 0.673. The topological polar surface area (TPSA) is 103 Å². The molecule has 2 aromatic carbocycles. The number of carbonyl (C=O) groups excluding carboxylic acids is 3. The molecular weight excluding hydrogens is 440 g/mol. The molecule has 2 aromatic rings. The van der Waals surface area contributed by atoms with Gasteiger partial charge in [0.1, 0.15) is 24.2 Å². The highest BCUT2D eigenvalue weighted by Crippen LogP contribution is 2.32. The van der Waals surface area contributed by atoms with Crippen LogP contribution in [0.15, 0.2) is 42.5 Å². The van der Waals surface area contributed by atoms with E-state index in [1.807, 2.05) is 0 Å². The largest absolute Gasteiger partial charge is 0.497 e. The molecule has 3 atom stereocenters. The lowest BCUT2D eigenvalue weighted by Crippen LogP contribution is -2.53. The van der Waals surface area contributed by atoms with Gasteiger partial charge in [0.25, 0.3) is 11.8 Å². The summed E-state index contributed by atoms with van der Waals surface area (Å²) in [6.45, 7) is 0.239. The minimum absolute atomic E-state index is 0.171. The summed E-state index contributed by atoms with van der Waals surface area (Å²) in [5.41, 5.74) is 1.28. The first-order valence-corrected chi connectivity index (χ1v) is 11.1. The molecule has 0 unspecified atom stereocenters. The molecular formula is C25H28N2O7. The van der Waals surface area contributed by atoms with Gasteiger partial charge in [-0.25, -0.2) is 0 Å². The summed E-state index contributed by atoms with van der Waals surface area (Å²) in [4.78, 5) is 39.3. The smallest absolute Gasteiger partial charge is 0.308 e. The highest BCUT2D eigenvalue weighted by atomic mass is 16.6. The zero-order valence-corrected chi connectivity index (χ0v) is 19.4. The van der Waals surface area contributed by atoms with Crippen LogP contribution in [0.2, 0.25) is 0 Å². The number of rotatable bonds is 5. The molecule has 0 aromatic heterocycles. The van der Waals surface area contributed by atoms with E-state index in [1.54, 1.807) is 54.4 Å². The lowest BCUT2D eigenvalue weighted by atomic mass is 9.94. The monoisotopic (exact) mass is 468 g/mol. The molecule has 2 aliphatic heterocycles. The van der Waals surface area contributed by atoms with E-state index in [1.165, 1.54) is 14.2 Å². The number of hydrogen-bond acceptors (Lipinski definition) is 7. The molecule has 9 nitrogen and oxygen atoms in total. The summed E-state index contributed by atoms with van der Waals surface area (Å²) in [5, 5.41) is 2.83. The van der Waals surface area contributed by atoms with E-state index >= 15 is 0 Å². The predicted octanol–water partition coefficient (Wildman–Crippen LogP) is 2.89. The Labute approximate surface area is 197 Å². The summed E-state index contributed by atoms with van der Waals surface area (Å²) in [6.07, 6.45) is 0.855. The van der Waals surface area contributed by atoms with Crippen LogP contribution in [0.3, 0.4) is 0 Å². The molecule has 4 rings (SSSR count). The first kappa shape index (κ1) is 23.6. The van der Waals surface area contributed by atoms with E-state index in [0.717, 1.165) is 0 Å². The van der Waals surface area contributed by atoms with Crippen molar-refractivity contribution >= 4 is 23.5 Å². The molecule has 0 saturated carbocycles. The highest BCUT2D eigenvalue weighted by Gasteiger charge is 2.39. The van der Waals surface area contributed by atoms with Crippen molar-refractivity contribution in [2.45, 2.75) is 37.5 Å². The number of nitrogens with zero attached hydrogens (tertiary/aromatic N) is 1. The lowest BCUT2D eigenvalue weighted by molar-refractivity contribution is -0.151. The van der Waals surface area contributed by atoms with Crippen LogP contribution in [-0.4, -0.2) is 68.8 Å². The number of esters is 1. The van der Waals surface area contributed by atoms with E-state index in [0.29, 0.717) is 41.2 Å². The van der Waals surface area contributed by atoms with Crippen molar-refractivity contribution in [3.63, 3.8) is 0 Å². The van der Waals surface area contributed by atoms with Gasteiger partial charge >= 0.3 is 5.97 Å². The summed E-state index contributed by atoms with van der Waals surface area (Å²) in [5.74, 6) is 0.122. The molecule has 0 spiro atoms. The van der Waals surface area contributed by atoms with Gasteiger partial charge in [-0.15, -0.1) is 0 Å². The van der Waals surface area contributed by atoms with Gasteiger partial charge in [0.05, 0.1) is 38.3 Å². The predicted molar refractivity (Wildman–Crippen MR) is 123 cm³/mol. The van der Waals surface area contributed by atoms with Gasteiger partial charge < -0.3 is 29.2 Å². The molecule has 34 heavy (non-hydrogen) atoms. The molecule has 1 fully saturated rings. The van der Waals surface area contributed by atoms with Gasteiger partial charge in [0.15, 0.2) is 0 Å².